The lowest BCUT2D eigenvalue weighted by Gasteiger charge is -2.32. The van der Waals surface area contributed by atoms with Gasteiger partial charge in [0.25, 0.3) is 0 Å². The van der Waals surface area contributed by atoms with E-state index in [1.54, 1.807) is 6.20 Å². The number of aromatic nitrogens is 1. The Morgan fingerprint density at radius 3 is 2.58 bits per heavy atom. The highest BCUT2D eigenvalue weighted by Gasteiger charge is 2.27. The second kappa shape index (κ2) is 11.9. The summed E-state index contributed by atoms with van der Waals surface area (Å²) in [6.07, 6.45) is 4.15. The first kappa shape index (κ1) is 25.6. The molecule has 7 heteroatoms. The molecule has 1 aromatic heterocycles. The second-order valence-electron chi connectivity index (χ2n) is 9.05. The number of hydrogen-bond acceptors (Lipinski definition) is 4. The molecule has 172 valence electrons. The SMILES string of the molecule is CCNC(=NCc1ncc(C(C)(C)C)o1)NCC1CCCOC1c1ccc(C)cc1.I. The van der Waals surface area contributed by atoms with Crippen LogP contribution >= 0.6 is 24.0 Å². The maximum Gasteiger partial charge on any atom is 0.216 e. The number of oxazole rings is 1. The summed E-state index contributed by atoms with van der Waals surface area (Å²) in [4.78, 5) is 9.04. The maximum atomic E-state index is 6.15. The quantitative estimate of drug-likeness (QED) is 0.302. The van der Waals surface area contributed by atoms with E-state index in [4.69, 9.17) is 9.15 Å². The number of aryl methyl sites for hydroxylation is 1. The number of guanidine groups is 1. The summed E-state index contributed by atoms with van der Waals surface area (Å²) in [6, 6.07) is 8.69. The number of rotatable bonds is 6. The monoisotopic (exact) mass is 540 g/mol. The van der Waals surface area contributed by atoms with Gasteiger partial charge in [-0.2, -0.15) is 0 Å². The Bertz CT molecular complexity index is 827. The van der Waals surface area contributed by atoms with E-state index in [2.05, 4.69) is 79.5 Å². The molecule has 2 N–H and O–H groups in total. The van der Waals surface area contributed by atoms with Gasteiger partial charge in [0.15, 0.2) is 5.96 Å². The van der Waals surface area contributed by atoms with Crippen LogP contribution in [0.4, 0.5) is 0 Å². The molecule has 1 aliphatic heterocycles. The molecule has 0 bridgehead atoms. The van der Waals surface area contributed by atoms with Crippen molar-refractivity contribution >= 4 is 29.9 Å². The van der Waals surface area contributed by atoms with Gasteiger partial charge >= 0.3 is 0 Å². The molecule has 0 saturated carbocycles. The fraction of sp³-hybridized carbons (Fsp3) is 0.583. The fourth-order valence-corrected chi connectivity index (χ4v) is 3.62. The summed E-state index contributed by atoms with van der Waals surface area (Å²) in [7, 11) is 0. The highest BCUT2D eigenvalue weighted by atomic mass is 127. The van der Waals surface area contributed by atoms with E-state index in [0.29, 0.717) is 18.4 Å². The second-order valence-corrected chi connectivity index (χ2v) is 9.05. The van der Waals surface area contributed by atoms with Gasteiger partial charge in [0.2, 0.25) is 5.89 Å². The van der Waals surface area contributed by atoms with E-state index >= 15 is 0 Å². The summed E-state index contributed by atoms with van der Waals surface area (Å²) >= 11 is 0. The molecule has 1 aromatic carbocycles. The van der Waals surface area contributed by atoms with Crippen molar-refractivity contribution in [2.24, 2.45) is 10.9 Å². The fourth-order valence-electron chi connectivity index (χ4n) is 3.62. The molecule has 2 unspecified atom stereocenters. The van der Waals surface area contributed by atoms with Crippen molar-refractivity contribution in [1.82, 2.24) is 15.6 Å². The van der Waals surface area contributed by atoms with Crippen molar-refractivity contribution in [2.45, 2.75) is 65.5 Å². The number of nitrogens with zero attached hydrogens (tertiary/aromatic N) is 2. The first-order valence-electron chi connectivity index (χ1n) is 11.0. The van der Waals surface area contributed by atoms with Gasteiger partial charge in [0.1, 0.15) is 12.3 Å². The lowest BCUT2D eigenvalue weighted by atomic mass is 9.89. The number of ether oxygens (including phenoxy) is 1. The third-order valence-electron chi connectivity index (χ3n) is 5.39. The highest BCUT2D eigenvalue weighted by molar-refractivity contribution is 14.0. The largest absolute Gasteiger partial charge is 0.443 e. The molecule has 2 heterocycles. The molecule has 0 radical (unpaired) electrons. The molecule has 6 nitrogen and oxygen atoms in total. The van der Waals surface area contributed by atoms with Gasteiger partial charge in [-0.1, -0.05) is 50.6 Å². The first-order valence-corrected chi connectivity index (χ1v) is 11.0. The standard InChI is InChI=1S/C24H36N4O2.HI/c1-6-25-23(28-16-21-26-15-20(30-21)24(3,4)5)27-14-19-8-7-13-29-22(19)18-11-9-17(2)10-12-18;/h9-12,15,19,22H,6-8,13-14,16H2,1-5H3,(H2,25,27,28);1H. The summed E-state index contributed by atoms with van der Waals surface area (Å²) in [6.45, 7) is 13.4. The Hall–Kier alpha value is -1.61. The summed E-state index contributed by atoms with van der Waals surface area (Å²) in [5.74, 6) is 2.70. The molecule has 1 fully saturated rings. The van der Waals surface area contributed by atoms with Crippen LogP contribution < -0.4 is 10.6 Å². The minimum absolute atomic E-state index is 0. The van der Waals surface area contributed by atoms with E-state index < -0.39 is 0 Å². The Labute approximate surface area is 203 Å². The van der Waals surface area contributed by atoms with Crippen molar-refractivity contribution < 1.29 is 9.15 Å². The third kappa shape index (κ3) is 7.49. The van der Waals surface area contributed by atoms with Crippen molar-refractivity contribution in [2.75, 3.05) is 19.7 Å². The molecule has 0 amide bonds. The van der Waals surface area contributed by atoms with Crippen molar-refractivity contribution in [3.63, 3.8) is 0 Å². The van der Waals surface area contributed by atoms with Crippen LogP contribution in [0.2, 0.25) is 0 Å². The maximum absolute atomic E-state index is 6.15. The number of hydrogen-bond donors (Lipinski definition) is 2. The van der Waals surface area contributed by atoms with Gasteiger partial charge in [-0.15, -0.1) is 24.0 Å². The van der Waals surface area contributed by atoms with Crippen LogP contribution in [0.25, 0.3) is 0 Å². The zero-order chi connectivity index (χ0) is 21.6. The molecule has 0 spiro atoms. The summed E-state index contributed by atoms with van der Waals surface area (Å²) in [5.41, 5.74) is 2.47. The lowest BCUT2D eigenvalue weighted by molar-refractivity contribution is -0.0265. The van der Waals surface area contributed by atoms with Crippen molar-refractivity contribution in [1.29, 1.82) is 0 Å². The smallest absolute Gasteiger partial charge is 0.216 e. The molecule has 1 saturated heterocycles. The average Bonchev–Trinajstić information content (AvgIpc) is 3.21. The molecular weight excluding hydrogens is 503 g/mol. The lowest BCUT2D eigenvalue weighted by Crippen LogP contribution is -2.42. The van der Waals surface area contributed by atoms with Crippen molar-refractivity contribution in [3.8, 4) is 0 Å². The number of benzene rings is 1. The van der Waals surface area contributed by atoms with E-state index in [1.807, 2.05) is 0 Å². The van der Waals surface area contributed by atoms with Crippen LogP contribution in [0.5, 0.6) is 0 Å². The molecule has 3 rings (SSSR count). The van der Waals surface area contributed by atoms with E-state index in [9.17, 15) is 0 Å². The summed E-state index contributed by atoms with van der Waals surface area (Å²) < 4.78 is 12.0. The van der Waals surface area contributed by atoms with Gasteiger partial charge in [-0.25, -0.2) is 9.98 Å². The Balaban J connectivity index is 0.00000341. The average molecular weight is 540 g/mol. The highest BCUT2D eigenvalue weighted by Crippen LogP contribution is 2.33. The predicted molar refractivity (Wildman–Crippen MR) is 136 cm³/mol. The molecule has 0 aliphatic carbocycles. The first-order chi connectivity index (χ1) is 14.4. The minimum Gasteiger partial charge on any atom is -0.443 e. The van der Waals surface area contributed by atoms with Gasteiger partial charge in [0, 0.05) is 31.0 Å². The predicted octanol–water partition coefficient (Wildman–Crippen LogP) is 5.12. The minimum atomic E-state index is -0.0519. The van der Waals surface area contributed by atoms with E-state index in [-0.39, 0.29) is 35.5 Å². The normalized spacial score (nSPS) is 19.6. The van der Waals surface area contributed by atoms with Crippen LogP contribution in [0.15, 0.2) is 39.9 Å². The Morgan fingerprint density at radius 2 is 1.94 bits per heavy atom. The number of nitrogens with one attached hydrogen (secondary N) is 2. The van der Waals surface area contributed by atoms with Gasteiger partial charge in [0.05, 0.1) is 12.3 Å². The number of aliphatic imine (C=N–C) groups is 1. The Morgan fingerprint density at radius 1 is 1.19 bits per heavy atom. The molecule has 1 aliphatic rings. The van der Waals surface area contributed by atoms with Crippen LogP contribution in [-0.4, -0.2) is 30.6 Å². The Kier molecular flexibility index (Phi) is 9.81. The zero-order valence-corrected chi connectivity index (χ0v) is 21.7. The number of halogens is 1. The van der Waals surface area contributed by atoms with Gasteiger partial charge < -0.3 is 19.8 Å². The van der Waals surface area contributed by atoms with Crippen LogP contribution in [0.1, 0.15) is 69.4 Å². The third-order valence-corrected chi connectivity index (χ3v) is 5.39. The molecule has 2 aromatic rings. The zero-order valence-electron chi connectivity index (χ0n) is 19.4. The van der Waals surface area contributed by atoms with Crippen molar-refractivity contribution in [3.05, 3.63) is 53.2 Å². The van der Waals surface area contributed by atoms with E-state index in [1.165, 1.54) is 11.1 Å². The van der Waals surface area contributed by atoms with Crippen LogP contribution in [0, 0.1) is 12.8 Å². The molecular formula is C24H37IN4O2. The van der Waals surface area contributed by atoms with Crippen LogP contribution in [0.3, 0.4) is 0 Å². The van der Waals surface area contributed by atoms with Gasteiger partial charge in [-0.3, -0.25) is 0 Å². The van der Waals surface area contributed by atoms with E-state index in [0.717, 1.165) is 44.3 Å². The topological polar surface area (TPSA) is 71.7 Å². The molecule has 2 atom stereocenters. The van der Waals surface area contributed by atoms with Crippen LogP contribution in [-0.2, 0) is 16.7 Å². The summed E-state index contributed by atoms with van der Waals surface area (Å²) in [5, 5.41) is 6.82. The molecule has 31 heavy (non-hydrogen) atoms. The van der Waals surface area contributed by atoms with Gasteiger partial charge in [-0.05, 0) is 32.3 Å².